The van der Waals surface area contributed by atoms with Gasteiger partial charge in [-0.3, -0.25) is 4.99 Å². The first-order valence-corrected chi connectivity index (χ1v) is 11.9. The fourth-order valence-electron chi connectivity index (χ4n) is 4.59. The number of nitrogens with zero attached hydrogens (tertiary/aromatic N) is 6. The molecule has 1 aromatic carbocycles. The smallest absolute Gasteiger partial charge is 0.193 e. The van der Waals surface area contributed by atoms with Crippen LogP contribution in [0.1, 0.15) is 42.9 Å². The Morgan fingerprint density at radius 3 is 2.69 bits per heavy atom. The van der Waals surface area contributed by atoms with E-state index in [0.29, 0.717) is 0 Å². The molecule has 1 saturated heterocycles. The van der Waals surface area contributed by atoms with Gasteiger partial charge in [-0.05, 0) is 43.9 Å². The van der Waals surface area contributed by atoms with Crippen LogP contribution in [0.2, 0.25) is 5.02 Å². The highest BCUT2D eigenvalue weighted by Gasteiger charge is 2.21. The van der Waals surface area contributed by atoms with Crippen molar-refractivity contribution >= 4 is 47.2 Å². The summed E-state index contributed by atoms with van der Waals surface area (Å²) in [6.45, 7) is 7.94. The SMILES string of the molecule is CN=C(NCCCc1nnc2n1CCCCC2)N1CCN(c2cc(Cl)ccc2C)CC1.I. The summed E-state index contributed by atoms with van der Waals surface area (Å²) in [4.78, 5) is 9.28. The average Bonchev–Trinajstić information content (AvgIpc) is 3.01. The van der Waals surface area contributed by atoms with Crippen molar-refractivity contribution in [1.82, 2.24) is 25.0 Å². The molecule has 2 aromatic rings. The van der Waals surface area contributed by atoms with Gasteiger partial charge in [-0.2, -0.15) is 0 Å². The summed E-state index contributed by atoms with van der Waals surface area (Å²) < 4.78 is 2.35. The number of rotatable bonds is 5. The zero-order valence-electron chi connectivity index (χ0n) is 19.2. The van der Waals surface area contributed by atoms with Gasteiger partial charge in [-0.15, -0.1) is 34.2 Å². The van der Waals surface area contributed by atoms with Crippen molar-refractivity contribution in [2.45, 2.75) is 52.0 Å². The molecule has 0 bridgehead atoms. The Bertz CT molecular complexity index is 906. The van der Waals surface area contributed by atoms with Crippen LogP contribution in [0.3, 0.4) is 0 Å². The van der Waals surface area contributed by atoms with E-state index in [1.54, 1.807) is 0 Å². The third-order valence-corrected chi connectivity index (χ3v) is 6.58. The zero-order chi connectivity index (χ0) is 21.6. The molecular weight excluding hydrogens is 537 g/mol. The van der Waals surface area contributed by atoms with Gasteiger partial charge in [-0.1, -0.05) is 24.1 Å². The minimum Gasteiger partial charge on any atom is -0.368 e. The Hall–Kier alpha value is -1.55. The Morgan fingerprint density at radius 2 is 1.91 bits per heavy atom. The van der Waals surface area contributed by atoms with Gasteiger partial charge in [0.05, 0.1) is 0 Å². The first-order chi connectivity index (χ1) is 15.2. The van der Waals surface area contributed by atoms with Crippen molar-refractivity contribution in [2.75, 3.05) is 44.7 Å². The molecule has 0 aliphatic carbocycles. The number of nitrogens with one attached hydrogen (secondary N) is 1. The molecule has 2 aliphatic heterocycles. The highest BCUT2D eigenvalue weighted by atomic mass is 127. The van der Waals surface area contributed by atoms with E-state index in [4.69, 9.17) is 11.6 Å². The molecule has 0 saturated carbocycles. The maximum Gasteiger partial charge on any atom is 0.193 e. The predicted molar refractivity (Wildman–Crippen MR) is 143 cm³/mol. The highest BCUT2D eigenvalue weighted by molar-refractivity contribution is 14.0. The van der Waals surface area contributed by atoms with E-state index < -0.39 is 0 Å². The molecule has 9 heteroatoms. The second-order valence-electron chi connectivity index (χ2n) is 8.48. The number of hydrogen-bond donors (Lipinski definition) is 1. The van der Waals surface area contributed by atoms with Crippen LogP contribution in [0.4, 0.5) is 5.69 Å². The lowest BCUT2D eigenvalue weighted by Crippen LogP contribution is -2.52. The summed E-state index contributed by atoms with van der Waals surface area (Å²) in [6.07, 6.45) is 6.82. The second kappa shape index (κ2) is 12.1. The summed E-state index contributed by atoms with van der Waals surface area (Å²) in [5.74, 6) is 3.30. The van der Waals surface area contributed by atoms with Gasteiger partial charge in [0.1, 0.15) is 11.6 Å². The number of aromatic nitrogens is 3. The summed E-state index contributed by atoms with van der Waals surface area (Å²) in [7, 11) is 1.87. The summed E-state index contributed by atoms with van der Waals surface area (Å²) in [6, 6.07) is 6.13. The van der Waals surface area contributed by atoms with Crippen molar-refractivity contribution in [3.63, 3.8) is 0 Å². The molecule has 2 aliphatic rings. The van der Waals surface area contributed by atoms with Gasteiger partial charge >= 0.3 is 0 Å². The van der Waals surface area contributed by atoms with Crippen LogP contribution < -0.4 is 10.2 Å². The number of piperazine rings is 1. The fourth-order valence-corrected chi connectivity index (χ4v) is 4.76. The Labute approximate surface area is 213 Å². The largest absolute Gasteiger partial charge is 0.368 e. The molecule has 1 fully saturated rings. The Morgan fingerprint density at radius 1 is 1.09 bits per heavy atom. The molecule has 0 atom stereocenters. The van der Waals surface area contributed by atoms with Crippen LogP contribution in [0.15, 0.2) is 23.2 Å². The predicted octanol–water partition coefficient (Wildman–Crippen LogP) is 3.91. The quantitative estimate of drug-likeness (QED) is 0.255. The van der Waals surface area contributed by atoms with Gasteiger partial charge in [0.25, 0.3) is 0 Å². The van der Waals surface area contributed by atoms with E-state index in [2.05, 4.69) is 53.9 Å². The Balaban J connectivity index is 0.00000289. The molecular formula is C23H35ClIN7. The third-order valence-electron chi connectivity index (χ3n) is 6.35. The van der Waals surface area contributed by atoms with Crippen molar-refractivity contribution in [2.24, 2.45) is 4.99 Å². The minimum atomic E-state index is 0. The number of aliphatic imine (C=N–C) groups is 1. The van der Waals surface area contributed by atoms with E-state index in [-0.39, 0.29) is 24.0 Å². The number of fused-ring (bicyclic) bond motifs is 1. The van der Waals surface area contributed by atoms with Crippen LogP contribution >= 0.6 is 35.6 Å². The summed E-state index contributed by atoms with van der Waals surface area (Å²) >= 11 is 6.22. The molecule has 1 N–H and O–H groups in total. The van der Waals surface area contributed by atoms with E-state index >= 15 is 0 Å². The molecule has 32 heavy (non-hydrogen) atoms. The lowest BCUT2D eigenvalue weighted by Gasteiger charge is -2.38. The first-order valence-electron chi connectivity index (χ1n) is 11.5. The van der Waals surface area contributed by atoms with Crippen LogP contribution in [0.5, 0.6) is 0 Å². The zero-order valence-corrected chi connectivity index (χ0v) is 22.3. The van der Waals surface area contributed by atoms with Crippen molar-refractivity contribution in [3.8, 4) is 0 Å². The number of hydrogen-bond acceptors (Lipinski definition) is 4. The van der Waals surface area contributed by atoms with Crippen molar-refractivity contribution in [1.29, 1.82) is 0 Å². The van der Waals surface area contributed by atoms with Gasteiger partial charge < -0.3 is 19.7 Å². The maximum atomic E-state index is 6.22. The number of guanidine groups is 1. The standard InChI is InChI=1S/C23H34ClN7.HI/c1-18-9-10-19(24)17-20(18)29-13-15-30(16-14-29)23(25-2)26-11-6-8-22-28-27-21-7-4-3-5-12-31(21)22;/h9-10,17H,3-8,11-16H2,1-2H3,(H,25,26);1H. The lowest BCUT2D eigenvalue weighted by molar-refractivity contribution is 0.372. The minimum absolute atomic E-state index is 0. The van der Waals surface area contributed by atoms with Gasteiger partial charge in [0.2, 0.25) is 0 Å². The van der Waals surface area contributed by atoms with Gasteiger partial charge in [0, 0.05) is 69.9 Å². The summed E-state index contributed by atoms with van der Waals surface area (Å²) in [5, 5.41) is 13.2. The molecule has 0 unspecified atom stereocenters. The van der Waals surface area contributed by atoms with Crippen LogP contribution in [0, 0.1) is 6.92 Å². The van der Waals surface area contributed by atoms with Gasteiger partial charge in [0.15, 0.2) is 5.96 Å². The number of benzene rings is 1. The monoisotopic (exact) mass is 571 g/mol. The second-order valence-corrected chi connectivity index (χ2v) is 8.91. The molecule has 0 amide bonds. The maximum absolute atomic E-state index is 6.22. The molecule has 7 nitrogen and oxygen atoms in total. The van der Waals surface area contributed by atoms with E-state index in [1.807, 2.05) is 13.1 Å². The molecule has 1 aromatic heterocycles. The molecule has 0 radical (unpaired) electrons. The van der Waals surface area contributed by atoms with Crippen molar-refractivity contribution < 1.29 is 0 Å². The number of anilines is 1. The topological polar surface area (TPSA) is 61.6 Å². The lowest BCUT2D eigenvalue weighted by atomic mass is 10.1. The average molecular weight is 572 g/mol. The van der Waals surface area contributed by atoms with Crippen molar-refractivity contribution in [3.05, 3.63) is 40.4 Å². The summed E-state index contributed by atoms with van der Waals surface area (Å²) in [5.41, 5.74) is 2.51. The van der Waals surface area contributed by atoms with Gasteiger partial charge in [-0.25, -0.2) is 0 Å². The Kier molecular flexibility index (Phi) is 9.46. The van der Waals surface area contributed by atoms with Crippen LogP contribution in [-0.4, -0.2) is 65.4 Å². The van der Waals surface area contributed by atoms with E-state index in [1.165, 1.54) is 36.3 Å². The fraction of sp³-hybridized carbons (Fsp3) is 0.609. The van der Waals surface area contributed by atoms with Crippen LogP contribution in [0.25, 0.3) is 0 Å². The number of halogens is 2. The van der Waals surface area contributed by atoms with E-state index in [0.717, 1.165) is 75.3 Å². The molecule has 3 heterocycles. The first kappa shape index (κ1) is 25.1. The third kappa shape index (κ3) is 6.07. The molecule has 0 spiro atoms. The van der Waals surface area contributed by atoms with Crippen LogP contribution in [-0.2, 0) is 19.4 Å². The molecule has 4 rings (SSSR count). The van der Waals surface area contributed by atoms with E-state index in [9.17, 15) is 0 Å². The number of aryl methyl sites for hydroxylation is 3. The molecule has 176 valence electrons. The normalized spacial score (nSPS) is 16.9. The highest BCUT2D eigenvalue weighted by Crippen LogP contribution is 2.25.